The van der Waals surface area contributed by atoms with Crippen LogP contribution in [-0.4, -0.2) is 34.2 Å². The summed E-state index contributed by atoms with van der Waals surface area (Å²) in [6, 6.07) is 7.58. The van der Waals surface area contributed by atoms with Gasteiger partial charge in [0.25, 0.3) is 5.91 Å². The minimum atomic E-state index is -0.294. The number of urea groups is 1. The molecule has 1 aliphatic rings. The normalized spacial score (nSPS) is 17.2. The molecule has 1 aromatic heterocycles. The highest BCUT2D eigenvalue weighted by Crippen LogP contribution is 2.37. The van der Waals surface area contributed by atoms with E-state index in [1.54, 1.807) is 11.6 Å². The number of para-hydroxylation sites is 1. The lowest BCUT2D eigenvalue weighted by Crippen LogP contribution is -2.49. The summed E-state index contributed by atoms with van der Waals surface area (Å²) in [4.78, 5) is 23.2. The highest BCUT2D eigenvalue weighted by Gasteiger charge is 2.17. The van der Waals surface area contributed by atoms with Gasteiger partial charge in [-0.15, -0.1) is 10.2 Å². The van der Waals surface area contributed by atoms with Crippen molar-refractivity contribution in [2.45, 2.75) is 44.6 Å². The van der Waals surface area contributed by atoms with Gasteiger partial charge in [-0.2, -0.15) is 0 Å². The summed E-state index contributed by atoms with van der Waals surface area (Å²) >= 11 is 0. The number of aromatic nitrogens is 1. The van der Waals surface area contributed by atoms with Gasteiger partial charge in [0.15, 0.2) is 5.69 Å². The lowest BCUT2D eigenvalue weighted by Gasteiger charge is -2.24. The van der Waals surface area contributed by atoms with Gasteiger partial charge >= 0.3 is 6.03 Å². The van der Waals surface area contributed by atoms with E-state index in [1.807, 2.05) is 24.3 Å². The molecule has 2 heterocycles. The number of aryl methyl sites for hydroxylation is 1. The SMILES string of the molecule is Cn1c(O)c(N=NC(=O)CCCCC[C@@H]2CCNC(=O)N2)c2ccccc21. The van der Waals surface area contributed by atoms with Crippen molar-refractivity contribution in [3.63, 3.8) is 0 Å². The van der Waals surface area contributed by atoms with Crippen LogP contribution in [0, 0.1) is 0 Å². The molecule has 0 bridgehead atoms. The van der Waals surface area contributed by atoms with Gasteiger partial charge in [-0.25, -0.2) is 4.79 Å². The summed E-state index contributed by atoms with van der Waals surface area (Å²) in [7, 11) is 1.74. The van der Waals surface area contributed by atoms with Crippen molar-refractivity contribution in [1.82, 2.24) is 15.2 Å². The lowest BCUT2D eigenvalue weighted by molar-refractivity contribution is -0.118. The number of unbranched alkanes of at least 4 members (excludes halogenated alkanes) is 2. The molecule has 0 saturated carbocycles. The van der Waals surface area contributed by atoms with Gasteiger partial charge in [0.05, 0.1) is 5.52 Å². The molecule has 1 aromatic carbocycles. The first kappa shape index (κ1) is 18.9. The molecular formula is C19H25N5O3. The van der Waals surface area contributed by atoms with Crippen molar-refractivity contribution in [2.75, 3.05) is 6.54 Å². The number of hydrogen-bond donors (Lipinski definition) is 3. The van der Waals surface area contributed by atoms with Crippen LogP contribution >= 0.6 is 0 Å². The van der Waals surface area contributed by atoms with E-state index >= 15 is 0 Å². The topological polar surface area (TPSA) is 108 Å². The summed E-state index contributed by atoms with van der Waals surface area (Å²) in [6.07, 6.45) is 4.78. The molecule has 1 aliphatic heterocycles. The van der Waals surface area contributed by atoms with E-state index in [9.17, 15) is 14.7 Å². The van der Waals surface area contributed by atoms with Gasteiger partial charge < -0.3 is 20.3 Å². The molecular weight excluding hydrogens is 346 g/mol. The summed E-state index contributed by atoms with van der Waals surface area (Å²) in [5.41, 5.74) is 1.16. The Morgan fingerprint density at radius 3 is 2.93 bits per heavy atom. The van der Waals surface area contributed by atoms with Crippen molar-refractivity contribution in [1.29, 1.82) is 0 Å². The number of nitrogens with one attached hydrogen (secondary N) is 2. The summed E-state index contributed by atoms with van der Waals surface area (Å²) < 4.78 is 1.62. The third kappa shape index (κ3) is 4.64. The number of fused-ring (bicyclic) bond motifs is 1. The molecule has 0 unspecified atom stereocenters. The molecule has 27 heavy (non-hydrogen) atoms. The number of hydrogen-bond acceptors (Lipinski definition) is 4. The van der Waals surface area contributed by atoms with E-state index in [2.05, 4.69) is 20.9 Å². The molecule has 3 N–H and O–H groups in total. The van der Waals surface area contributed by atoms with Crippen molar-refractivity contribution in [2.24, 2.45) is 17.3 Å². The van der Waals surface area contributed by atoms with Crippen LogP contribution in [0.3, 0.4) is 0 Å². The van der Waals surface area contributed by atoms with E-state index in [-0.39, 0.29) is 23.9 Å². The second-order valence-corrected chi connectivity index (χ2v) is 6.83. The Balaban J connectivity index is 1.44. The Labute approximate surface area is 157 Å². The molecule has 1 fully saturated rings. The van der Waals surface area contributed by atoms with Gasteiger partial charge in [0, 0.05) is 31.4 Å². The molecule has 1 saturated heterocycles. The van der Waals surface area contributed by atoms with Crippen molar-refractivity contribution >= 4 is 28.5 Å². The first-order chi connectivity index (χ1) is 13.1. The van der Waals surface area contributed by atoms with Crippen LogP contribution in [0.4, 0.5) is 10.5 Å². The van der Waals surface area contributed by atoms with Gasteiger partial charge in [0.1, 0.15) is 0 Å². The minimum Gasteiger partial charge on any atom is -0.493 e. The lowest BCUT2D eigenvalue weighted by atomic mass is 10.0. The van der Waals surface area contributed by atoms with Crippen LogP contribution in [0.25, 0.3) is 10.9 Å². The minimum absolute atomic E-state index is 0.00299. The summed E-state index contributed by atoms with van der Waals surface area (Å²) in [5.74, 6) is -0.297. The first-order valence-corrected chi connectivity index (χ1v) is 9.31. The molecule has 8 heteroatoms. The van der Waals surface area contributed by atoms with Crippen LogP contribution in [0.15, 0.2) is 34.5 Å². The first-order valence-electron chi connectivity index (χ1n) is 9.31. The molecule has 8 nitrogen and oxygen atoms in total. The van der Waals surface area contributed by atoms with Crippen molar-refractivity contribution in [3.8, 4) is 5.88 Å². The maximum Gasteiger partial charge on any atom is 0.315 e. The number of benzene rings is 1. The fourth-order valence-electron chi connectivity index (χ4n) is 3.34. The fraction of sp³-hybridized carbons (Fsp3) is 0.474. The predicted molar refractivity (Wildman–Crippen MR) is 102 cm³/mol. The van der Waals surface area contributed by atoms with Crippen LogP contribution in [0.1, 0.15) is 38.5 Å². The maximum absolute atomic E-state index is 12.0. The average molecular weight is 371 g/mol. The monoisotopic (exact) mass is 371 g/mol. The molecule has 3 rings (SSSR count). The highest BCUT2D eigenvalue weighted by molar-refractivity contribution is 5.95. The summed E-state index contributed by atoms with van der Waals surface area (Å²) in [6.45, 7) is 0.719. The number of amides is 3. The molecule has 2 aromatic rings. The van der Waals surface area contributed by atoms with E-state index < -0.39 is 0 Å². The molecule has 3 amide bonds. The third-order valence-electron chi connectivity index (χ3n) is 4.87. The van der Waals surface area contributed by atoms with Gasteiger partial charge in [-0.3, -0.25) is 4.79 Å². The fourth-order valence-corrected chi connectivity index (χ4v) is 3.34. The Bertz CT molecular complexity index is 858. The average Bonchev–Trinajstić information content (AvgIpc) is 2.91. The number of carbonyl (C=O) groups excluding carboxylic acids is 2. The molecule has 1 atom stereocenters. The zero-order chi connectivity index (χ0) is 19.2. The van der Waals surface area contributed by atoms with E-state index in [0.29, 0.717) is 12.1 Å². The van der Waals surface area contributed by atoms with Crippen LogP contribution in [0.5, 0.6) is 5.88 Å². The Morgan fingerprint density at radius 1 is 1.30 bits per heavy atom. The van der Waals surface area contributed by atoms with Crippen molar-refractivity contribution < 1.29 is 14.7 Å². The second kappa shape index (κ2) is 8.66. The number of carbonyl (C=O) groups is 2. The molecule has 144 valence electrons. The van der Waals surface area contributed by atoms with Crippen LogP contribution in [0.2, 0.25) is 0 Å². The number of rotatable bonds is 7. The quantitative estimate of drug-likeness (QED) is 0.512. The number of nitrogens with zero attached hydrogens (tertiary/aromatic N) is 3. The standard InChI is InChI=1S/C19H25N5O3/c1-24-15-9-6-5-8-14(15)17(18(24)26)23-22-16(25)10-4-2-3-7-13-11-12-20-19(27)21-13/h5-6,8-9,13,26H,2-4,7,10-12H2,1H3,(H2,20,21,27)/t13-/m1/s1. The smallest absolute Gasteiger partial charge is 0.315 e. The summed E-state index contributed by atoms with van der Waals surface area (Å²) in [5, 5.41) is 24.3. The van der Waals surface area contributed by atoms with Crippen LogP contribution < -0.4 is 10.6 Å². The zero-order valence-corrected chi connectivity index (χ0v) is 15.4. The van der Waals surface area contributed by atoms with Gasteiger partial charge in [0.2, 0.25) is 5.88 Å². The Morgan fingerprint density at radius 2 is 2.11 bits per heavy atom. The molecule has 0 aliphatic carbocycles. The van der Waals surface area contributed by atoms with Crippen molar-refractivity contribution in [3.05, 3.63) is 24.3 Å². The number of aromatic hydroxyl groups is 1. The highest BCUT2D eigenvalue weighted by atomic mass is 16.3. The largest absolute Gasteiger partial charge is 0.493 e. The van der Waals surface area contributed by atoms with E-state index in [0.717, 1.165) is 49.6 Å². The molecule has 0 spiro atoms. The number of azo groups is 1. The zero-order valence-electron chi connectivity index (χ0n) is 15.4. The van der Waals surface area contributed by atoms with Gasteiger partial charge in [-0.05, 0) is 25.3 Å². The van der Waals surface area contributed by atoms with Gasteiger partial charge in [-0.1, -0.05) is 31.0 Å². The molecule has 0 radical (unpaired) electrons. The van der Waals surface area contributed by atoms with E-state index in [4.69, 9.17) is 0 Å². The predicted octanol–water partition coefficient (Wildman–Crippen LogP) is 3.52. The Hall–Kier alpha value is -2.90. The van der Waals surface area contributed by atoms with E-state index in [1.165, 1.54) is 0 Å². The Kier molecular flexibility index (Phi) is 6.05. The third-order valence-corrected chi connectivity index (χ3v) is 4.87. The maximum atomic E-state index is 12.0. The van der Waals surface area contributed by atoms with Crippen LogP contribution in [-0.2, 0) is 11.8 Å². The second-order valence-electron chi connectivity index (χ2n) is 6.83.